The van der Waals surface area contributed by atoms with Crippen LogP contribution in [-0.2, 0) is 0 Å². The molecule has 0 unspecified atom stereocenters. The molecule has 2 aromatic rings. The van der Waals surface area contributed by atoms with Gasteiger partial charge in [-0.2, -0.15) is 0 Å². The van der Waals surface area contributed by atoms with Gasteiger partial charge in [-0.05, 0) is 30.3 Å². The molecule has 0 aromatic heterocycles. The number of hydrogen-bond acceptors (Lipinski definition) is 2. The minimum Gasteiger partial charge on any atom is -0.374 e. The Balaban J connectivity index is 2.13. The molecule has 90 valence electrons. The maximum atomic E-state index is 13.9. The number of benzene rings is 2. The summed E-state index contributed by atoms with van der Waals surface area (Å²) in [5.74, 6) is 2.21. The van der Waals surface area contributed by atoms with Crippen LogP contribution in [0.15, 0.2) is 58.3 Å². The highest BCUT2D eigenvalue weighted by atomic mass is 32.2. The fourth-order valence-corrected chi connectivity index (χ4v) is 2.30. The average Bonchev–Trinajstić information content (AvgIpc) is 2.40. The molecule has 0 saturated carbocycles. The van der Waals surface area contributed by atoms with E-state index in [2.05, 4.69) is 11.2 Å². The second-order valence-corrected chi connectivity index (χ2v) is 4.73. The summed E-state index contributed by atoms with van der Waals surface area (Å²) in [6.45, 7) is 0.393. The summed E-state index contributed by atoms with van der Waals surface area (Å²) in [7, 11) is 0. The lowest BCUT2D eigenvalue weighted by Gasteiger charge is -2.06. The van der Waals surface area contributed by atoms with E-state index >= 15 is 0 Å². The van der Waals surface area contributed by atoms with Crippen LogP contribution in [0.4, 0.5) is 10.1 Å². The second kappa shape index (κ2) is 6.13. The fraction of sp³-hybridized carbons (Fsp3) is 0.0667. The van der Waals surface area contributed by atoms with Crippen LogP contribution in [0, 0.1) is 18.2 Å². The summed E-state index contributed by atoms with van der Waals surface area (Å²) in [6, 6.07) is 14.8. The maximum absolute atomic E-state index is 13.9. The number of nitrogens with one attached hydrogen (secondary N) is 1. The van der Waals surface area contributed by atoms with Gasteiger partial charge in [-0.25, -0.2) is 4.39 Å². The summed E-state index contributed by atoms with van der Waals surface area (Å²) in [4.78, 5) is 1.62. The zero-order chi connectivity index (χ0) is 12.8. The molecule has 0 fully saturated rings. The molecule has 0 bridgehead atoms. The van der Waals surface area contributed by atoms with Crippen LogP contribution in [-0.4, -0.2) is 6.54 Å². The molecule has 18 heavy (non-hydrogen) atoms. The van der Waals surface area contributed by atoms with Crippen LogP contribution in [0.1, 0.15) is 0 Å². The molecule has 0 aliphatic carbocycles. The van der Waals surface area contributed by atoms with Gasteiger partial charge < -0.3 is 5.32 Å². The summed E-state index contributed by atoms with van der Waals surface area (Å²) in [6.07, 6.45) is 5.14. The first kappa shape index (κ1) is 12.5. The Bertz CT molecular complexity index is 560. The van der Waals surface area contributed by atoms with E-state index in [1.165, 1.54) is 17.8 Å². The summed E-state index contributed by atoms with van der Waals surface area (Å²) >= 11 is 1.40. The van der Waals surface area contributed by atoms with Gasteiger partial charge in [0.05, 0.1) is 6.54 Å². The smallest absolute Gasteiger partial charge is 0.139 e. The summed E-state index contributed by atoms with van der Waals surface area (Å²) in [5.41, 5.74) is 0.697. The second-order valence-electron chi connectivity index (χ2n) is 3.62. The molecule has 1 N–H and O–H groups in total. The van der Waals surface area contributed by atoms with E-state index in [9.17, 15) is 4.39 Å². The van der Waals surface area contributed by atoms with Gasteiger partial charge in [0.25, 0.3) is 0 Å². The minimum absolute atomic E-state index is 0.245. The molecule has 0 heterocycles. The lowest BCUT2D eigenvalue weighted by Crippen LogP contribution is -1.98. The largest absolute Gasteiger partial charge is 0.374 e. The van der Waals surface area contributed by atoms with Crippen LogP contribution in [0.2, 0.25) is 0 Å². The molecule has 0 saturated heterocycles. The standard InChI is InChI=1S/C15H12FNS/c1-2-10-17-12-8-9-15(14(16)11-12)18-13-6-4-3-5-7-13/h1,3-9,11,17H,10H2. The quantitative estimate of drug-likeness (QED) is 0.830. The molecular formula is C15H12FNS. The first-order chi connectivity index (χ1) is 8.79. The van der Waals surface area contributed by atoms with E-state index in [0.717, 1.165) is 4.90 Å². The number of halogens is 1. The van der Waals surface area contributed by atoms with Gasteiger partial charge in [0, 0.05) is 15.5 Å². The molecular weight excluding hydrogens is 245 g/mol. The number of hydrogen-bond donors (Lipinski definition) is 1. The van der Waals surface area contributed by atoms with E-state index in [-0.39, 0.29) is 5.82 Å². The van der Waals surface area contributed by atoms with Gasteiger partial charge in [-0.1, -0.05) is 35.9 Å². The molecule has 2 rings (SSSR count). The van der Waals surface area contributed by atoms with Crippen molar-refractivity contribution in [1.29, 1.82) is 0 Å². The number of rotatable bonds is 4. The van der Waals surface area contributed by atoms with Crippen molar-refractivity contribution in [2.75, 3.05) is 11.9 Å². The topological polar surface area (TPSA) is 12.0 Å². The third-order valence-electron chi connectivity index (χ3n) is 2.30. The Hall–Kier alpha value is -1.92. The van der Waals surface area contributed by atoms with Gasteiger partial charge in [-0.3, -0.25) is 0 Å². The van der Waals surface area contributed by atoms with Crippen molar-refractivity contribution < 1.29 is 4.39 Å². The third-order valence-corrected chi connectivity index (χ3v) is 3.36. The molecule has 2 aromatic carbocycles. The predicted octanol–water partition coefficient (Wildman–Crippen LogP) is 4.02. The van der Waals surface area contributed by atoms with Crippen LogP contribution >= 0.6 is 11.8 Å². The molecule has 3 heteroatoms. The molecule has 0 aliphatic rings. The Morgan fingerprint density at radius 1 is 1.17 bits per heavy atom. The Morgan fingerprint density at radius 3 is 2.61 bits per heavy atom. The summed E-state index contributed by atoms with van der Waals surface area (Å²) < 4.78 is 13.9. The van der Waals surface area contributed by atoms with Crippen molar-refractivity contribution in [1.82, 2.24) is 0 Å². The molecule has 0 atom stereocenters. The van der Waals surface area contributed by atoms with E-state index in [0.29, 0.717) is 17.1 Å². The highest BCUT2D eigenvalue weighted by molar-refractivity contribution is 7.99. The van der Waals surface area contributed by atoms with Crippen LogP contribution in [0.3, 0.4) is 0 Å². The van der Waals surface area contributed by atoms with Crippen molar-refractivity contribution in [2.45, 2.75) is 9.79 Å². The van der Waals surface area contributed by atoms with Gasteiger partial charge >= 0.3 is 0 Å². The zero-order valence-electron chi connectivity index (χ0n) is 9.69. The zero-order valence-corrected chi connectivity index (χ0v) is 10.5. The van der Waals surface area contributed by atoms with Gasteiger partial charge in [0.1, 0.15) is 5.82 Å². The third kappa shape index (κ3) is 3.28. The highest BCUT2D eigenvalue weighted by Gasteiger charge is 2.05. The molecule has 0 radical (unpaired) electrons. The molecule has 0 aliphatic heterocycles. The van der Waals surface area contributed by atoms with Gasteiger partial charge in [0.15, 0.2) is 0 Å². The summed E-state index contributed by atoms with van der Waals surface area (Å²) in [5, 5.41) is 2.94. The molecule has 0 amide bonds. The molecule has 0 spiro atoms. The first-order valence-corrected chi connectivity index (χ1v) is 6.31. The number of terminal acetylenes is 1. The Kier molecular flexibility index (Phi) is 4.27. The lowest BCUT2D eigenvalue weighted by molar-refractivity contribution is 0.602. The van der Waals surface area contributed by atoms with E-state index in [1.807, 2.05) is 36.4 Å². The predicted molar refractivity (Wildman–Crippen MR) is 74.3 cm³/mol. The lowest BCUT2D eigenvalue weighted by atomic mass is 10.3. The van der Waals surface area contributed by atoms with Crippen LogP contribution in [0.25, 0.3) is 0 Å². The van der Waals surface area contributed by atoms with Crippen LogP contribution < -0.4 is 5.32 Å². The fourth-order valence-electron chi connectivity index (χ4n) is 1.46. The first-order valence-electron chi connectivity index (χ1n) is 5.49. The minimum atomic E-state index is -0.245. The normalized spacial score (nSPS) is 9.78. The number of anilines is 1. The van der Waals surface area contributed by atoms with E-state index < -0.39 is 0 Å². The molecule has 1 nitrogen and oxygen atoms in total. The maximum Gasteiger partial charge on any atom is 0.139 e. The van der Waals surface area contributed by atoms with Gasteiger partial charge in [0.2, 0.25) is 0 Å². The van der Waals surface area contributed by atoms with Crippen molar-refractivity contribution in [3.05, 3.63) is 54.3 Å². The van der Waals surface area contributed by atoms with E-state index in [1.54, 1.807) is 6.07 Å². The Labute approximate surface area is 110 Å². The van der Waals surface area contributed by atoms with Crippen LogP contribution in [0.5, 0.6) is 0 Å². The highest BCUT2D eigenvalue weighted by Crippen LogP contribution is 2.30. The Morgan fingerprint density at radius 2 is 1.94 bits per heavy atom. The SMILES string of the molecule is C#CCNc1ccc(Sc2ccccc2)c(F)c1. The van der Waals surface area contributed by atoms with Crippen molar-refractivity contribution in [3.8, 4) is 12.3 Å². The van der Waals surface area contributed by atoms with Gasteiger partial charge in [-0.15, -0.1) is 6.42 Å². The van der Waals surface area contributed by atoms with Crippen molar-refractivity contribution >= 4 is 17.4 Å². The van der Waals surface area contributed by atoms with Crippen molar-refractivity contribution in [3.63, 3.8) is 0 Å². The average molecular weight is 257 g/mol. The monoisotopic (exact) mass is 257 g/mol. The van der Waals surface area contributed by atoms with E-state index in [4.69, 9.17) is 6.42 Å². The van der Waals surface area contributed by atoms with Crippen molar-refractivity contribution in [2.24, 2.45) is 0 Å².